The van der Waals surface area contributed by atoms with Crippen molar-refractivity contribution in [2.45, 2.75) is 83.1 Å². The van der Waals surface area contributed by atoms with E-state index in [0.29, 0.717) is 0 Å². The van der Waals surface area contributed by atoms with Gasteiger partial charge in [0.1, 0.15) is 0 Å². The molecule has 10 heterocycles. The number of rotatable bonds is 8. The normalized spacial score (nSPS) is 12.4. The van der Waals surface area contributed by atoms with Crippen LogP contribution in [0.25, 0.3) is 182 Å². The number of nitrogens with zero attached hydrogens (tertiary/aromatic N) is 4. The fourth-order valence-electron chi connectivity index (χ4n) is 16.7. The molecule has 13 aromatic rings. The summed E-state index contributed by atoms with van der Waals surface area (Å²) in [5, 5.41) is 0. The summed E-state index contributed by atoms with van der Waals surface area (Å²) in [6.45, 7) is 26.5. The standard InChI is InChI=1S/C94H78N8/c1-51-21-15-22-52(2)81(51)89-69-39-35-65(95-69)87(66-36-40-70(96-66)90(82-53(3)23-16-24-54(82)4)74-44-48-78(100-74)93(77-47-43-73(89)99-77)85-59(9)29-19-30-60(85)10)63-33-13-14-34-64(63)88-67-37-41-71(97-67)91(83-55(5)25-17-26-56(83)6)75-45-49-79(101-75)94(86-61(11)31-20-32-62(86)12)80-50-46-76(102-80)92(72-42-38-68(88)98-72)84-57(7)27-18-28-58(84)8/h13-50,95,97,100,102H,1-12H3. The van der Waals surface area contributed by atoms with Crippen LogP contribution in [0.4, 0.5) is 0 Å². The number of benzene rings is 7. The van der Waals surface area contributed by atoms with Crippen LogP contribution in [0.3, 0.4) is 0 Å². The van der Waals surface area contributed by atoms with E-state index in [4.69, 9.17) is 19.9 Å². The molecule has 7 aromatic carbocycles. The Morgan fingerprint density at radius 2 is 0.304 bits per heavy atom. The Hall–Kier alpha value is -12.3. The predicted octanol–water partition coefficient (Wildman–Crippen LogP) is 24.7. The molecular formula is C94H78N8. The molecule has 494 valence electrons. The number of nitrogens with one attached hydrogen (secondary N) is 4. The minimum absolute atomic E-state index is 0.810. The number of fused-ring (bicyclic) bond motifs is 16. The third-order valence-corrected chi connectivity index (χ3v) is 21.4. The van der Waals surface area contributed by atoms with Gasteiger partial charge in [0.2, 0.25) is 0 Å². The smallest absolute Gasteiger partial charge is 0.0737 e. The SMILES string of the molecule is Cc1cccc(C)c1-c1c2nc(c(-c3c(C)cccc3C)c3ccc([nH]3)c(-c3c(C)cccc3C)c3nc(c(-c4ccccc4-c4c5nc(c(-c6c(C)cccc6C)c6ccc([nH]6)c(-c6c(C)cccc6C)c6nc(c(-c7c(C)cccc7C)c7ccc4[nH]7)C=C6)C=C5)c4ccc1[nH]4)C=C3)C=C2. The Morgan fingerprint density at radius 3 is 0.471 bits per heavy atom. The third kappa shape index (κ3) is 10.5. The summed E-state index contributed by atoms with van der Waals surface area (Å²) in [5.41, 5.74) is 45.2. The van der Waals surface area contributed by atoms with Crippen molar-refractivity contribution in [1.82, 2.24) is 39.9 Å². The first-order chi connectivity index (χ1) is 49.5. The number of hydrogen-bond acceptors (Lipinski definition) is 4. The molecule has 0 saturated carbocycles. The average Bonchev–Trinajstić information content (AvgIpc) is 1.52. The number of aryl methyl sites for hydroxylation is 12. The molecular weight excluding hydrogens is 1240 g/mol. The quantitative estimate of drug-likeness (QED) is 0.121. The zero-order valence-corrected chi connectivity index (χ0v) is 59.7. The number of aromatic nitrogens is 8. The van der Waals surface area contributed by atoms with Gasteiger partial charge < -0.3 is 19.9 Å². The van der Waals surface area contributed by atoms with Gasteiger partial charge in [0.25, 0.3) is 0 Å². The molecule has 6 aromatic heterocycles. The van der Waals surface area contributed by atoms with Crippen LogP contribution in [0, 0.1) is 83.1 Å². The number of hydrogen-bond donors (Lipinski definition) is 4. The van der Waals surface area contributed by atoms with E-state index in [1.54, 1.807) is 0 Å². The van der Waals surface area contributed by atoms with Crippen molar-refractivity contribution < 1.29 is 0 Å². The lowest BCUT2D eigenvalue weighted by Gasteiger charge is -2.14. The molecule has 0 amide bonds. The van der Waals surface area contributed by atoms with E-state index in [2.05, 4.69) is 334 Å². The van der Waals surface area contributed by atoms with E-state index >= 15 is 0 Å². The molecule has 8 nitrogen and oxygen atoms in total. The lowest BCUT2D eigenvalue weighted by atomic mass is 9.92. The van der Waals surface area contributed by atoms with Crippen LogP contribution in [0.5, 0.6) is 0 Å². The van der Waals surface area contributed by atoms with E-state index in [0.717, 1.165) is 223 Å². The molecule has 16 bridgehead atoms. The predicted molar refractivity (Wildman–Crippen MR) is 432 cm³/mol. The van der Waals surface area contributed by atoms with Crippen molar-refractivity contribution in [1.29, 1.82) is 0 Å². The second-order valence-electron chi connectivity index (χ2n) is 28.2. The van der Waals surface area contributed by atoms with Crippen molar-refractivity contribution in [3.63, 3.8) is 0 Å². The van der Waals surface area contributed by atoms with Crippen molar-refractivity contribution in [3.8, 4) is 89.0 Å². The first-order valence-electron chi connectivity index (χ1n) is 35.4. The van der Waals surface area contributed by atoms with Gasteiger partial charge in [-0.15, -0.1) is 0 Å². The Morgan fingerprint density at radius 1 is 0.157 bits per heavy atom. The summed E-state index contributed by atoms with van der Waals surface area (Å²) in [4.78, 5) is 39.8. The Balaban J connectivity index is 1.04. The van der Waals surface area contributed by atoms with E-state index in [-0.39, 0.29) is 0 Å². The first-order valence-corrected chi connectivity index (χ1v) is 35.4. The van der Waals surface area contributed by atoms with Crippen LogP contribution in [-0.2, 0) is 0 Å². The minimum atomic E-state index is 0.810. The van der Waals surface area contributed by atoms with Gasteiger partial charge >= 0.3 is 0 Å². The molecule has 17 rings (SSSR count). The molecule has 0 spiro atoms. The summed E-state index contributed by atoms with van der Waals surface area (Å²) < 4.78 is 0. The molecule has 0 radical (unpaired) electrons. The third-order valence-electron chi connectivity index (χ3n) is 21.4. The molecule has 4 aliphatic rings. The monoisotopic (exact) mass is 1320 g/mol. The van der Waals surface area contributed by atoms with Crippen LogP contribution >= 0.6 is 0 Å². The molecule has 8 heteroatoms. The second kappa shape index (κ2) is 24.9. The Labute approximate surface area is 595 Å². The molecule has 0 unspecified atom stereocenters. The van der Waals surface area contributed by atoms with Crippen LogP contribution in [0.15, 0.2) is 182 Å². The summed E-state index contributed by atoms with van der Waals surface area (Å²) in [5.74, 6) is 0. The van der Waals surface area contributed by atoms with Gasteiger partial charge in [0.15, 0.2) is 0 Å². The fourth-order valence-corrected chi connectivity index (χ4v) is 16.7. The highest BCUT2D eigenvalue weighted by Crippen LogP contribution is 2.47. The zero-order chi connectivity index (χ0) is 69.9. The molecule has 4 N–H and O–H groups in total. The molecule has 0 atom stereocenters. The molecule has 0 saturated heterocycles. The highest BCUT2D eigenvalue weighted by molar-refractivity contribution is 6.07. The summed E-state index contributed by atoms with van der Waals surface area (Å²) in [6.07, 6.45) is 17.7. The lowest BCUT2D eigenvalue weighted by Crippen LogP contribution is -1.95. The number of H-pyrrole nitrogens is 4. The summed E-state index contributed by atoms with van der Waals surface area (Å²) in [6, 6.07) is 66.2. The fraction of sp³-hybridized carbons (Fsp3) is 0.128. The summed E-state index contributed by atoms with van der Waals surface area (Å²) in [7, 11) is 0. The maximum Gasteiger partial charge on any atom is 0.0737 e. The van der Waals surface area contributed by atoms with E-state index in [1.165, 1.54) is 22.3 Å². The van der Waals surface area contributed by atoms with Gasteiger partial charge in [-0.3, -0.25) is 0 Å². The molecule has 0 aliphatic carbocycles. The lowest BCUT2D eigenvalue weighted by molar-refractivity contribution is 1.28. The van der Waals surface area contributed by atoms with Crippen molar-refractivity contribution in [3.05, 3.63) is 294 Å². The van der Waals surface area contributed by atoms with Gasteiger partial charge in [-0.25, -0.2) is 19.9 Å². The molecule has 0 fully saturated rings. The van der Waals surface area contributed by atoms with Crippen LogP contribution in [-0.4, -0.2) is 39.9 Å². The highest BCUT2D eigenvalue weighted by Gasteiger charge is 2.27. The van der Waals surface area contributed by atoms with E-state index in [1.807, 2.05) is 0 Å². The summed E-state index contributed by atoms with van der Waals surface area (Å²) >= 11 is 0. The van der Waals surface area contributed by atoms with Crippen molar-refractivity contribution in [2.75, 3.05) is 0 Å². The maximum atomic E-state index is 5.94. The van der Waals surface area contributed by atoms with Crippen LogP contribution in [0.1, 0.15) is 112 Å². The Kier molecular flexibility index (Phi) is 15.4. The van der Waals surface area contributed by atoms with E-state index in [9.17, 15) is 0 Å². The zero-order valence-electron chi connectivity index (χ0n) is 59.7. The van der Waals surface area contributed by atoms with Gasteiger partial charge in [0.05, 0.1) is 45.6 Å². The molecule has 102 heavy (non-hydrogen) atoms. The maximum absolute atomic E-state index is 5.94. The van der Waals surface area contributed by atoms with Crippen LogP contribution in [0.2, 0.25) is 0 Å². The average molecular weight is 1320 g/mol. The highest BCUT2D eigenvalue weighted by atomic mass is 14.8. The second-order valence-corrected chi connectivity index (χ2v) is 28.2. The largest absolute Gasteiger partial charge is 0.354 e. The van der Waals surface area contributed by atoms with Crippen molar-refractivity contribution in [2.24, 2.45) is 0 Å². The van der Waals surface area contributed by atoms with Gasteiger partial charge in [0, 0.05) is 88.6 Å². The van der Waals surface area contributed by atoms with Crippen molar-refractivity contribution >= 4 is 92.7 Å². The van der Waals surface area contributed by atoms with Crippen LogP contribution < -0.4 is 0 Å². The Bertz CT molecular complexity index is 5680. The van der Waals surface area contributed by atoms with Gasteiger partial charge in [-0.05, 0) is 291 Å². The minimum Gasteiger partial charge on any atom is -0.354 e. The first kappa shape index (κ1) is 63.2. The van der Waals surface area contributed by atoms with Gasteiger partial charge in [-0.2, -0.15) is 0 Å². The van der Waals surface area contributed by atoms with E-state index < -0.39 is 0 Å². The van der Waals surface area contributed by atoms with Gasteiger partial charge in [-0.1, -0.05) is 133 Å². The number of aromatic amines is 4. The topological polar surface area (TPSA) is 115 Å². The molecule has 4 aliphatic heterocycles.